The molecule has 0 bridgehead atoms. The Morgan fingerprint density at radius 2 is 2.26 bits per heavy atom. The number of hydrogen-bond acceptors (Lipinski definition) is 4. The number of rotatable bonds is 4. The summed E-state index contributed by atoms with van der Waals surface area (Å²) >= 11 is 6.07. The van der Waals surface area contributed by atoms with Crippen LogP contribution in [0.1, 0.15) is 23.0 Å². The van der Waals surface area contributed by atoms with Crippen LogP contribution >= 0.6 is 11.6 Å². The fourth-order valence-corrected chi connectivity index (χ4v) is 2.03. The van der Waals surface area contributed by atoms with E-state index >= 15 is 0 Å². The molecule has 1 aromatic heterocycles. The molecule has 2 rings (SSSR count). The molecule has 0 radical (unpaired) electrons. The maximum Gasteiger partial charge on any atom is 0.271 e. The molecule has 0 saturated carbocycles. The first-order chi connectivity index (χ1) is 9.08. The van der Waals surface area contributed by atoms with Gasteiger partial charge in [-0.2, -0.15) is 5.10 Å². The van der Waals surface area contributed by atoms with Crippen LogP contribution in [0.25, 0.3) is 5.69 Å². The highest BCUT2D eigenvalue weighted by Gasteiger charge is 2.17. The lowest BCUT2D eigenvalue weighted by Gasteiger charge is -2.02. The van der Waals surface area contributed by atoms with Crippen molar-refractivity contribution in [2.45, 2.75) is 13.3 Å². The van der Waals surface area contributed by atoms with Crippen LogP contribution in [0, 0.1) is 10.1 Å². The number of carbonyl (C=O) groups is 1. The third-order valence-electron chi connectivity index (χ3n) is 2.68. The van der Waals surface area contributed by atoms with Crippen LogP contribution in [-0.4, -0.2) is 21.0 Å². The molecule has 1 heterocycles. The second-order valence-electron chi connectivity index (χ2n) is 3.81. The molecule has 0 aliphatic carbocycles. The number of aromatic nitrogens is 2. The number of halogens is 1. The fraction of sp³-hybridized carbons (Fsp3) is 0.167. The van der Waals surface area contributed by atoms with E-state index in [0.29, 0.717) is 29.7 Å². The zero-order valence-electron chi connectivity index (χ0n) is 10.0. The number of hydrogen-bond donors (Lipinski definition) is 0. The minimum atomic E-state index is -0.498. The summed E-state index contributed by atoms with van der Waals surface area (Å²) in [5.41, 5.74) is 1.26. The van der Waals surface area contributed by atoms with Gasteiger partial charge in [0, 0.05) is 12.1 Å². The molecular formula is C12H10ClN3O3. The van der Waals surface area contributed by atoms with E-state index in [2.05, 4.69) is 5.10 Å². The average molecular weight is 280 g/mol. The SMILES string of the molecule is CCc1nn(-c2cccc([N+](=O)[O-])c2)c(Cl)c1C=O. The molecule has 2 aromatic rings. The van der Waals surface area contributed by atoms with E-state index in [0.717, 1.165) is 0 Å². The van der Waals surface area contributed by atoms with Gasteiger partial charge in [0.15, 0.2) is 6.29 Å². The summed E-state index contributed by atoms with van der Waals surface area (Å²) < 4.78 is 1.33. The van der Waals surface area contributed by atoms with Crippen molar-refractivity contribution in [1.82, 2.24) is 9.78 Å². The zero-order valence-corrected chi connectivity index (χ0v) is 10.8. The van der Waals surface area contributed by atoms with Crippen LogP contribution in [0.4, 0.5) is 5.69 Å². The van der Waals surface area contributed by atoms with Crippen molar-refractivity contribution < 1.29 is 9.72 Å². The lowest BCUT2D eigenvalue weighted by Crippen LogP contribution is -1.98. The summed E-state index contributed by atoms with van der Waals surface area (Å²) in [5, 5.41) is 15.1. The molecule has 0 N–H and O–H groups in total. The van der Waals surface area contributed by atoms with E-state index in [1.165, 1.54) is 22.9 Å². The van der Waals surface area contributed by atoms with Crippen molar-refractivity contribution in [2.24, 2.45) is 0 Å². The largest absolute Gasteiger partial charge is 0.298 e. The Morgan fingerprint density at radius 1 is 1.53 bits per heavy atom. The third-order valence-corrected chi connectivity index (χ3v) is 3.04. The normalized spacial score (nSPS) is 10.4. The number of aldehydes is 1. The number of nitrogens with zero attached hydrogens (tertiary/aromatic N) is 3. The molecule has 0 atom stereocenters. The van der Waals surface area contributed by atoms with Crippen molar-refractivity contribution in [2.75, 3.05) is 0 Å². The first kappa shape index (κ1) is 13.2. The number of non-ortho nitro benzene ring substituents is 1. The Hall–Kier alpha value is -2.21. The lowest BCUT2D eigenvalue weighted by molar-refractivity contribution is -0.384. The Bertz CT molecular complexity index is 652. The van der Waals surface area contributed by atoms with E-state index in [4.69, 9.17) is 11.6 Å². The van der Waals surface area contributed by atoms with Crippen molar-refractivity contribution in [3.63, 3.8) is 0 Å². The molecule has 0 aliphatic heterocycles. The predicted octanol–water partition coefficient (Wildman–Crippen LogP) is 2.81. The van der Waals surface area contributed by atoms with Gasteiger partial charge in [0.1, 0.15) is 5.15 Å². The van der Waals surface area contributed by atoms with E-state index in [-0.39, 0.29) is 10.8 Å². The first-order valence-corrected chi connectivity index (χ1v) is 5.93. The molecule has 0 saturated heterocycles. The number of nitro benzene ring substituents is 1. The molecule has 0 amide bonds. The summed E-state index contributed by atoms with van der Waals surface area (Å²) in [5.74, 6) is 0. The molecule has 0 fully saturated rings. The predicted molar refractivity (Wildman–Crippen MR) is 70.0 cm³/mol. The summed E-state index contributed by atoms with van der Waals surface area (Å²) in [6.07, 6.45) is 1.19. The molecule has 98 valence electrons. The first-order valence-electron chi connectivity index (χ1n) is 5.55. The third kappa shape index (κ3) is 2.34. The molecule has 0 aliphatic rings. The van der Waals surface area contributed by atoms with Crippen LogP contribution in [-0.2, 0) is 6.42 Å². The Balaban J connectivity index is 2.59. The van der Waals surface area contributed by atoms with Gasteiger partial charge in [-0.05, 0) is 12.5 Å². The smallest absolute Gasteiger partial charge is 0.271 e. The van der Waals surface area contributed by atoms with Crippen molar-refractivity contribution in [1.29, 1.82) is 0 Å². The van der Waals surface area contributed by atoms with Crippen LogP contribution in [0.2, 0.25) is 5.15 Å². The monoisotopic (exact) mass is 279 g/mol. The van der Waals surface area contributed by atoms with E-state index in [9.17, 15) is 14.9 Å². The molecule has 1 aromatic carbocycles. The molecule has 0 spiro atoms. The van der Waals surface area contributed by atoms with Crippen LogP contribution in [0.15, 0.2) is 24.3 Å². The van der Waals surface area contributed by atoms with E-state index in [1.54, 1.807) is 6.07 Å². The fourth-order valence-electron chi connectivity index (χ4n) is 1.74. The average Bonchev–Trinajstić information content (AvgIpc) is 2.75. The number of carbonyl (C=O) groups excluding carboxylic acids is 1. The minimum Gasteiger partial charge on any atom is -0.298 e. The maximum atomic E-state index is 11.0. The Kier molecular flexibility index (Phi) is 3.62. The minimum absolute atomic E-state index is 0.0604. The highest BCUT2D eigenvalue weighted by Crippen LogP contribution is 2.24. The molecule has 7 heteroatoms. The highest BCUT2D eigenvalue weighted by molar-refractivity contribution is 6.32. The topological polar surface area (TPSA) is 78.0 Å². The van der Waals surface area contributed by atoms with Gasteiger partial charge in [-0.3, -0.25) is 14.9 Å². The highest BCUT2D eigenvalue weighted by atomic mass is 35.5. The van der Waals surface area contributed by atoms with Gasteiger partial charge in [0.05, 0.1) is 21.9 Å². The molecular weight excluding hydrogens is 270 g/mol. The van der Waals surface area contributed by atoms with Crippen LogP contribution < -0.4 is 0 Å². The standard InChI is InChI=1S/C12H10ClN3O3/c1-2-11-10(7-17)12(13)15(14-11)8-4-3-5-9(6-8)16(18)19/h3-7H,2H2,1H3. The van der Waals surface area contributed by atoms with Crippen molar-refractivity contribution >= 4 is 23.6 Å². The van der Waals surface area contributed by atoms with Gasteiger partial charge in [-0.25, -0.2) is 4.68 Å². The van der Waals surface area contributed by atoms with E-state index < -0.39 is 4.92 Å². The summed E-state index contributed by atoms with van der Waals surface area (Å²) in [7, 11) is 0. The van der Waals surface area contributed by atoms with Crippen molar-refractivity contribution in [3.8, 4) is 5.69 Å². The van der Waals surface area contributed by atoms with Gasteiger partial charge in [0.25, 0.3) is 5.69 Å². The zero-order chi connectivity index (χ0) is 14.0. The summed E-state index contributed by atoms with van der Waals surface area (Å²) in [4.78, 5) is 21.2. The van der Waals surface area contributed by atoms with Crippen molar-refractivity contribution in [3.05, 3.63) is 50.8 Å². The number of benzene rings is 1. The maximum absolute atomic E-state index is 11.0. The summed E-state index contributed by atoms with van der Waals surface area (Å²) in [6, 6.07) is 5.91. The van der Waals surface area contributed by atoms with Crippen LogP contribution in [0.5, 0.6) is 0 Å². The number of aryl methyl sites for hydroxylation is 1. The van der Waals surface area contributed by atoms with Gasteiger partial charge < -0.3 is 0 Å². The molecule has 19 heavy (non-hydrogen) atoms. The number of nitro groups is 1. The van der Waals surface area contributed by atoms with Gasteiger partial charge in [-0.1, -0.05) is 24.6 Å². The van der Waals surface area contributed by atoms with Gasteiger partial charge in [-0.15, -0.1) is 0 Å². The quantitative estimate of drug-likeness (QED) is 0.490. The second-order valence-corrected chi connectivity index (χ2v) is 4.17. The van der Waals surface area contributed by atoms with Crippen LogP contribution in [0.3, 0.4) is 0 Å². The molecule has 6 nitrogen and oxygen atoms in total. The van der Waals surface area contributed by atoms with E-state index in [1.807, 2.05) is 6.92 Å². The second kappa shape index (κ2) is 5.19. The summed E-state index contributed by atoms with van der Waals surface area (Å²) in [6.45, 7) is 1.85. The lowest BCUT2D eigenvalue weighted by atomic mass is 10.2. The Morgan fingerprint density at radius 3 is 2.79 bits per heavy atom. The molecule has 0 unspecified atom stereocenters. The Labute approximate surface area is 113 Å². The van der Waals surface area contributed by atoms with Gasteiger partial charge in [0.2, 0.25) is 0 Å². The van der Waals surface area contributed by atoms with Gasteiger partial charge >= 0.3 is 0 Å².